The molecular weight excluding hydrogens is 456 g/mol. The number of hydrogen-bond acceptors (Lipinski definition) is 6. The van der Waals surface area contributed by atoms with Crippen molar-refractivity contribution in [1.29, 1.82) is 0 Å². The van der Waals surface area contributed by atoms with Crippen LogP contribution in [-0.4, -0.2) is 50.7 Å². The minimum Gasteiger partial charge on any atom is -0.448 e. The molecule has 32 heavy (non-hydrogen) atoms. The Hall–Kier alpha value is -2.33. The summed E-state index contributed by atoms with van der Waals surface area (Å²) in [6, 6.07) is 9.33. The number of anilines is 1. The smallest absolute Gasteiger partial charge is 0.257 e. The lowest BCUT2D eigenvalue weighted by Crippen LogP contribution is -2.40. The molecule has 2 aromatic carbocycles. The minimum atomic E-state index is -3.75. The van der Waals surface area contributed by atoms with Crippen molar-refractivity contribution in [3.63, 3.8) is 0 Å². The van der Waals surface area contributed by atoms with Crippen molar-refractivity contribution in [2.45, 2.75) is 36.4 Å². The average Bonchev–Trinajstić information content (AvgIpc) is 3.39. The van der Waals surface area contributed by atoms with Crippen molar-refractivity contribution in [3.05, 3.63) is 47.0 Å². The molecule has 0 atom stereocenters. The maximum Gasteiger partial charge on any atom is 0.257 e. The van der Waals surface area contributed by atoms with Gasteiger partial charge in [-0.3, -0.25) is 4.79 Å². The second-order valence-corrected chi connectivity index (χ2v) is 10.4. The summed E-state index contributed by atoms with van der Waals surface area (Å²) in [6.07, 6.45) is 3.78. The van der Waals surface area contributed by atoms with Gasteiger partial charge in [0.2, 0.25) is 10.0 Å². The van der Waals surface area contributed by atoms with Crippen molar-refractivity contribution in [3.8, 4) is 11.5 Å². The molecule has 2 aromatic rings. The number of nitrogens with zero attached hydrogens (tertiary/aromatic N) is 1. The zero-order chi connectivity index (χ0) is 22.3. The van der Waals surface area contributed by atoms with Gasteiger partial charge in [-0.1, -0.05) is 11.6 Å². The van der Waals surface area contributed by atoms with E-state index in [4.69, 9.17) is 25.8 Å². The van der Waals surface area contributed by atoms with Gasteiger partial charge in [-0.15, -0.1) is 0 Å². The van der Waals surface area contributed by atoms with Crippen molar-refractivity contribution < 1.29 is 27.4 Å². The number of morpholine rings is 1. The van der Waals surface area contributed by atoms with Gasteiger partial charge in [0.1, 0.15) is 0 Å². The summed E-state index contributed by atoms with van der Waals surface area (Å²) in [6.45, 7) is 1.22. The number of amides is 1. The summed E-state index contributed by atoms with van der Waals surface area (Å²) in [5.41, 5.74) is 0.579. The van der Waals surface area contributed by atoms with Gasteiger partial charge >= 0.3 is 0 Å². The fourth-order valence-electron chi connectivity index (χ4n) is 4.26. The minimum absolute atomic E-state index is 0.0165. The Morgan fingerprint density at radius 3 is 2.47 bits per heavy atom. The zero-order valence-corrected chi connectivity index (χ0v) is 18.9. The van der Waals surface area contributed by atoms with E-state index in [0.29, 0.717) is 30.4 Å². The Bertz CT molecular complexity index is 1160. The number of nitrogens with one attached hydrogen (secondary N) is 1. The number of carbonyl (C=O) groups is 1. The highest BCUT2D eigenvalue weighted by molar-refractivity contribution is 7.89. The average molecular weight is 479 g/mol. The molecule has 0 bridgehead atoms. The molecule has 0 radical (unpaired) electrons. The van der Waals surface area contributed by atoms with Crippen LogP contribution in [0.4, 0.5) is 5.69 Å². The maximum atomic E-state index is 12.9. The molecule has 10 heteroatoms. The molecule has 1 saturated carbocycles. The summed E-state index contributed by atoms with van der Waals surface area (Å²) < 4.78 is 44.5. The van der Waals surface area contributed by atoms with Gasteiger partial charge in [0, 0.05) is 37.7 Å². The highest BCUT2D eigenvalue weighted by Gasteiger charge is 2.44. The Labute approximate surface area is 191 Å². The van der Waals surface area contributed by atoms with Gasteiger partial charge in [0.25, 0.3) is 11.7 Å². The SMILES string of the molecule is O=C(Nc1ccc2c(c1)OC1(CCCC1)O2)c1cc(S(=O)(=O)N2CCOCC2)ccc1Cl. The number of halogens is 1. The summed E-state index contributed by atoms with van der Waals surface area (Å²) in [5.74, 6) is 0.139. The second-order valence-electron chi connectivity index (χ2n) is 8.10. The number of hydrogen-bond donors (Lipinski definition) is 1. The van der Waals surface area contributed by atoms with E-state index in [9.17, 15) is 13.2 Å². The molecule has 8 nitrogen and oxygen atoms in total. The van der Waals surface area contributed by atoms with E-state index in [-0.39, 0.29) is 28.6 Å². The van der Waals surface area contributed by atoms with Gasteiger partial charge in [-0.2, -0.15) is 4.31 Å². The Morgan fingerprint density at radius 2 is 1.72 bits per heavy atom. The standard InChI is InChI=1S/C22H23ClN2O6S/c23-18-5-4-16(32(27,28)25-9-11-29-12-10-25)14-17(18)21(26)24-15-3-6-19-20(13-15)31-22(30-19)7-1-2-8-22/h3-6,13-14H,1-2,7-12H2,(H,24,26). The van der Waals surface area contributed by atoms with Crippen LogP contribution in [0.3, 0.4) is 0 Å². The summed E-state index contributed by atoms with van der Waals surface area (Å²) >= 11 is 6.23. The highest BCUT2D eigenvalue weighted by atomic mass is 35.5. The third kappa shape index (κ3) is 3.94. The molecule has 2 fully saturated rings. The second kappa shape index (κ2) is 8.22. The third-order valence-electron chi connectivity index (χ3n) is 5.95. The molecule has 2 heterocycles. The van der Waals surface area contributed by atoms with Gasteiger partial charge in [-0.25, -0.2) is 8.42 Å². The van der Waals surface area contributed by atoms with Crippen molar-refractivity contribution in [2.24, 2.45) is 0 Å². The normalized spacial score (nSPS) is 19.9. The molecule has 1 saturated heterocycles. The summed E-state index contributed by atoms with van der Waals surface area (Å²) in [5, 5.41) is 2.94. The van der Waals surface area contributed by atoms with Crippen LogP contribution in [0.2, 0.25) is 5.02 Å². The quantitative estimate of drug-likeness (QED) is 0.720. The summed E-state index contributed by atoms with van der Waals surface area (Å²) in [7, 11) is -3.75. The number of rotatable bonds is 4. The first-order valence-electron chi connectivity index (χ1n) is 10.6. The van der Waals surface area contributed by atoms with E-state index in [1.165, 1.54) is 22.5 Å². The fraction of sp³-hybridized carbons (Fsp3) is 0.409. The molecule has 1 spiro atoms. The van der Waals surface area contributed by atoms with E-state index in [1.807, 2.05) is 0 Å². The lowest BCUT2D eigenvalue weighted by atomic mass is 10.2. The van der Waals surface area contributed by atoms with Crippen LogP contribution in [-0.2, 0) is 14.8 Å². The van der Waals surface area contributed by atoms with E-state index in [1.54, 1.807) is 18.2 Å². The molecule has 1 aliphatic carbocycles. The van der Waals surface area contributed by atoms with E-state index in [0.717, 1.165) is 25.7 Å². The Kier molecular flexibility index (Phi) is 5.53. The largest absolute Gasteiger partial charge is 0.448 e. The van der Waals surface area contributed by atoms with Crippen LogP contribution in [0.25, 0.3) is 0 Å². The maximum absolute atomic E-state index is 12.9. The van der Waals surface area contributed by atoms with Gasteiger partial charge < -0.3 is 19.5 Å². The monoisotopic (exact) mass is 478 g/mol. The molecule has 5 rings (SSSR count). The highest BCUT2D eigenvalue weighted by Crippen LogP contribution is 2.47. The Balaban J connectivity index is 1.36. The lowest BCUT2D eigenvalue weighted by Gasteiger charge is -2.26. The third-order valence-corrected chi connectivity index (χ3v) is 8.17. The van der Waals surface area contributed by atoms with E-state index >= 15 is 0 Å². The predicted molar refractivity (Wildman–Crippen MR) is 118 cm³/mol. The van der Waals surface area contributed by atoms with Gasteiger partial charge in [-0.05, 0) is 43.2 Å². The van der Waals surface area contributed by atoms with Crippen LogP contribution in [0.5, 0.6) is 11.5 Å². The van der Waals surface area contributed by atoms with E-state index in [2.05, 4.69) is 5.32 Å². The molecule has 0 aromatic heterocycles. The predicted octanol–water partition coefficient (Wildman–Crippen LogP) is 3.65. The number of sulfonamides is 1. The molecule has 170 valence electrons. The van der Waals surface area contributed by atoms with Gasteiger partial charge in [0.15, 0.2) is 11.5 Å². The summed E-state index contributed by atoms with van der Waals surface area (Å²) in [4.78, 5) is 13.0. The van der Waals surface area contributed by atoms with Crippen molar-refractivity contribution in [2.75, 3.05) is 31.6 Å². The molecule has 0 unspecified atom stereocenters. The first-order chi connectivity index (χ1) is 15.4. The lowest BCUT2D eigenvalue weighted by molar-refractivity contribution is -0.0716. The molecule has 2 aliphatic heterocycles. The van der Waals surface area contributed by atoms with Crippen LogP contribution in [0.1, 0.15) is 36.0 Å². The Morgan fingerprint density at radius 1 is 1.00 bits per heavy atom. The van der Waals surface area contributed by atoms with Crippen molar-refractivity contribution >= 4 is 33.2 Å². The van der Waals surface area contributed by atoms with Crippen LogP contribution in [0.15, 0.2) is 41.3 Å². The number of carbonyl (C=O) groups excluding carboxylic acids is 1. The van der Waals surface area contributed by atoms with E-state index < -0.39 is 21.7 Å². The van der Waals surface area contributed by atoms with Crippen LogP contribution < -0.4 is 14.8 Å². The molecular formula is C22H23ClN2O6S. The first kappa shape index (κ1) is 21.5. The zero-order valence-electron chi connectivity index (χ0n) is 17.3. The van der Waals surface area contributed by atoms with Gasteiger partial charge in [0.05, 0.1) is 28.7 Å². The molecule has 1 N–H and O–H groups in total. The number of benzene rings is 2. The van der Waals surface area contributed by atoms with Crippen LogP contribution >= 0.6 is 11.6 Å². The number of ether oxygens (including phenoxy) is 3. The molecule has 1 amide bonds. The van der Waals surface area contributed by atoms with Crippen molar-refractivity contribution in [1.82, 2.24) is 4.31 Å². The first-order valence-corrected chi connectivity index (χ1v) is 12.4. The number of fused-ring (bicyclic) bond motifs is 1. The fourth-order valence-corrected chi connectivity index (χ4v) is 5.90. The van der Waals surface area contributed by atoms with Crippen LogP contribution in [0, 0.1) is 0 Å². The topological polar surface area (TPSA) is 94.2 Å². The molecule has 3 aliphatic rings.